The number of hydrogen-bond donors (Lipinski definition) is 2. The number of halogens is 5. The topological polar surface area (TPSA) is 140 Å². The molecular weight excluding hydrogens is 677 g/mol. The van der Waals surface area contributed by atoms with Gasteiger partial charge in [0.1, 0.15) is 23.5 Å². The highest BCUT2D eigenvalue weighted by atomic mass is 19.4. The molecule has 2 fully saturated rings. The Bertz CT molecular complexity index is 1940. The Kier molecular flexibility index (Phi) is 9.83. The van der Waals surface area contributed by atoms with Crippen LogP contribution in [0.15, 0.2) is 78.0 Å². The van der Waals surface area contributed by atoms with E-state index in [0.29, 0.717) is 42.5 Å². The van der Waals surface area contributed by atoms with Gasteiger partial charge >= 0.3 is 6.18 Å². The van der Waals surface area contributed by atoms with Crippen molar-refractivity contribution in [3.63, 3.8) is 0 Å². The van der Waals surface area contributed by atoms with Crippen LogP contribution >= 0.6 is 0 Å². The molecule has 4 aromatic rings. The summed E-state index contributed by atoms with van der Waals surface area (Å²) in [6.45, 7) is 1.22. The zero-order valence-electron chi connectivity index (χ0n) is 27.6. The summed E-state index contributed by atoms with van der Waals surface area (Å²) in [6, 6.07) is 15.1. The molecular formula is C35H36F5N7O4. The molecule has 2 aromatic carbocycles. The predicted octanol–water partition coefficient (Wildman–Crippen LogP) is 4.64. The number of nitrogen functional groups attached to an aromatic ring is 1. The van der Waals surface area contributed by atoms with Gasteiger partial charge < -0.3 is 20.5 Å². The van der Waals surface area contributed by atoms with Crippen molar-refractivity contribution >= 4 is 11.6 Å². The Morgan fingerprint density at radius 1 is 1.08 bits per heavy atom. The van der Waals surface area contributed by atoms with Crippen molar-refractivity contribution in [2.24, 2.45) is 5.92 Å². The molecule has 0 saturated carbocycles. The summed E-state index contributed by atoms with van der Waals surface area (Å²) in [5.74, 6) is -5.33. The number of rotatable bonds is 8. The van der Waals surface area contributed by atoms with E-state index in [0.717, 1.165) is 34.6 Å². The first kappa shape index (κ1) is 35.9. The van der Waals surface area contributed by atoms with Crippen molar-refractivity contribution in [1.29, 1.82) is 0 Å². The minimum absolute atomic E-state index is 0.193. The quantitative estimate of drug-likeness (QED) is 0.250. The lowest BCUT2D eigenvalue weighted by atomic mass is 9.78. The third kappa shape index (κ3) is 7.71. The minimum atomic E-state index is -4.65. The molecule has 1 amide bonds. The molecule has 2 aromatic heterocycles. The van der Waals surface area contributed by atoms with Gasteiger partial charge in [0.25, 0.3) is 11.5 Å². The average molecular weight is 714 g/mol. The minimum Gasteiger partial charge on any atom is -0.437 e. The van der Waals surface area contributed by atoms with E-state index in [1.807, 2.05) is 36.4 Å². The van der Waals surface area contributed by atoms with Gasteiger partial charge in [0.2, 0.25) is 11.8 Å². The second-order valence-corrected chi connectivity index (χ2v) is 13.0. The molecule has 0 bridgehead atoms. The number of benzene rings is 2. The lowest BCUT2D eigenvalue weighted by Gasteiger charge is -2.46. The molecule has 0 aliphatic carbocycles. The Hall–Kier alpha value is -4.96. The van der Waals surface area contributed by atoms with Crippen molar-refractivity contribution in [2.45, 2.75) is 56.5 Å². The fourth-order valence-corrected chi connectivity index (χ4v) is 6.72. The summed E-state index contributed by atoms with van der Waals surface area (Å²) < 4.78 is 77.0. The van der Waals surface area contributed by atoms with Crippen LogP contribution < -0.4 is 16.0 Å². The van der Waals surface area contributed by atoms with Gasteiger partial charge in [0.05, 0.1) is 24.3 Å². The number of piperidine rings is 2. The van der Waals surface area contributed by atoms with Gasteiger partial charge in [0.15, 0.2) is 5.69 Å². The number of nitrogens with two attached hydrogens (primary N) is 1. The molecule has 51 heavy (non-hydrogen) atoms. The van der Waals surface area contributed by atoms with Gasteiger partial charge in [0, 0.05) is 44.1 Å². The number of aromatic nitrogens is 4. The van der Waals surface area contributed by atoms with Crippen LogP contribution in [-0.4, -0.2) is 78.0 Å². The zero-order chi connectivity index (χ0) is 36.6. The number of ether oxygens (including phenoxy) is 1. The van der Waals surface area contributed by atoms with E-state index in [1.54, 1.807) is 13.1 Å². The van der Waals surface area contributed by atoms with Crippen molar-refractivity contribution < 1.29 is 36.6 Å². The number of carbonyl (C=O) groups excluding carboxylic acids is 1. The van der Waals surface area contributed by atoms with Crippen molar-refractivity contribution in [1.82, 2.24) is 29.3 Å². The van der Waals surface area contributed by atoms with Crippen LogP contribution in [0.2, 0.25) is 0 Å². The largest absolute Gasteiger partial charge is 0.437 e. The first-order valence-electron chi connectivity index (χ1n) is 16.3. The first-order chi connectivity index (χ1) is 24.1. The maximum Gasteiger partial charge on any atom is 0.416 e. The second-order valence-electron chi connectivity index (χ2n) is 13.0. The van der Waals surface area contributed by atoms with Crippen molar-refractivity contribution in [3.05, 3.63) is 106 Å². The maximum atomic E-state index is 15.9. The number of hydrogen-bond acceptors (Lipinski definition) is 9. The Balaban J connectivity index is 1.15. The Morgan fingerprint density at radius 3 is 2.55 bits per heavy atom. The summed E-state index contributed by atoms with van der Waals surface area (Å²) in [5.41, 5.74) is 2.17. The van der Waals surface area contributed by atoms with E-state index in [-0.39, 0.29) is 18.2 Å². The molecule has 11 nitrogen and oxygen atoms in total. The number of likely N-dealkylation sites (tertiary alicyclic amines) is 2. The molecule has 16 heteroatoms. The van der Waals surface area contributed by atoms with Gasteiger partial charge in [-0.1, -0.05) is 36.4 Å². The molecule has 2 aliphatic rings. The van der Waals surface area contributed by atoms with Crippen molar-refractivity contribution in [3.8, 4) is 11.6 Å². The normalized spacial score (nSPS) is 22.5. The third-order valence-corrected chi connectivity index (χ3v) is 9.48. The number of alkyl halides is 5. The van der Waals surface area contributed by atoms with Gasteiger partial charge in [-0.05, 0) is 49.7 Å². The lowest BCUT2D eigenvalue weighted by molar-refractivity contribution is -0.223. The zero-order valence-corrected chi connectivity index (χ0v) is 27.6. The SMILES string of the molecule is Cc1nccc(CN2CC[C@@H](C(=O)N3CC[C@](O)(Cn4cnc(Oc5cccc(C(F)(F)F)c5)c(N)c4=O)C(F)(F)C3)[C@H](c3ccccc3)C2)n1. The van der Waals surface area contributed by atoms with Crippen LogP contribution in [0.3, 0.4) is 0 Å². The molecule has 3 N–H and O–H groups in total. The summed E-state index contributed by atoms with van der Waals surface area (Å²) in [4.78, 5) is 42.8. The summed E-state index contributed by atoms with van der Waals surface area (Å²) in [6.07, 6.45) is -2.26. The van der Waals surface area contributed by atoms with Gasteiger partial charge in [-0.15, -0.1) is 0 Å². The molecule has 0 radical (unpaired) electrons. The van der Waals surface area contributed by atoms with E-state index in [1.165, 1.54) is 6.07 Å². The molecule has 3 atom stereocenters. The van der Waals surface area contributed by atoms with E-state index >= 15 is 8.78 Å². The summed E-state index contributed by atoms with van der Waals surface area (Å²) in [7, 11) is 0. The number of aryl methyl sites for hydroxylation is 1. The monoisotopic (exact) mass is 713 g/mol. The van der Waals surface area contributed by atoms with Crippen LogP contribution in [0, 0.1) is 12.8 Å². The van der Waals surface area contributed by atoms with Crippen LogP contribution in [0.1, 0.15) is 41.4 Å². The van der Waals surface area contributed by atoms with Gasteiger partial charge in [-0.2, -0.15) is 13.2 Å². The highest BCUT2D eigenvalue weighted by Gasteiger charge is 2.58. The molecule has 270 valence electrons. The summed E-state index contributed by atoms with van der Waals surface area (Å²) in [5, 5.41) is 11.2. The fraction of sp³-hybridized carbons (Fsp3) is 0.400. The Labute approximate surface area is 289 Å². The number of nitrogens with zero attached hydrogens (tertiary/aromatic N) is 6. The third-order valence-electron chi connectivity index (χ3n) is 9.48. The van der Waals surface area contributed by atoms with Gasteiger partial charge in [-0.25, -0.2) is 23.7 Å². The van der Waals surface area contributed by atoms with Gasteiger partial charge in [-0.3, -0.25) is 19.1 Å². The predicted molar refractivity (Wildman–Crippen MR) is 175 cm³/mol. The maximum absolute atomic E-state index is 15.9. The molecule has 0 spiro atoms. The van der Waals surface area contributed by atoms with Crippen LogP contribution in [-0.2, 0) is 24.1 Å². The highest BCUT2D eigenvalue weighted by Crippen LogP contribution is 2.41. The summed E-state index contributed by atoms with van der Waals surface area (Å²) >= 11 is 0. The van der Waals surface area contributed by atoms with Crippen LogP contribution in [0.5, 0.6) is 11.6 Å². The Morgan fingerprint density at radius 2 is 1.84 bits per heavy atom. The number of aliphatic hydroxyl groups is 1. The molecule has 2 saturated heterocycles. The van der Waals surface area contributed by atoms with Crippen LogP contribution in [0.25, 0.3) is 0 Å². The van der Waals surface area contributed by atoms with E-state index in [9.17, 15) is 27.9 Å². The molecule has 4 heterocycles. The molecule has 6 rings (SSSR count). The lowest BCUT2D eigenvalue weighted by Crippen LogP contribution is -2.64. The molecule has 0 unspecified atom stereocenters. The van der Waals surface area contributed by atoms with E-state index in [2.05, 4.69) is 19.9 Å². The smallest absolute Gasteiger partial charge is 0.416 e. The second kappa shape index (κ2) is 14.0. The van der Waals surface area contributed by atoms with E-state index < -0.39 is 71.7 Å². The van der Waals surface area contributed by atoms with E-state index in [4.69, 9.17) is 10.5 Å². The number of amides is 1. The molecule has 2 aliphatic heterocycles. The average Bonchev–Trinajstić information content (AvgIpc) is 3.09. The number of anilines is 1. The fourth-order valence-electron chi connectivity index (χ4n) is 6.72. The highest BCUT2D eigenvalue weighted by molar-refractivity contribution is 5.80. The van der Waals surface area contributed by atoms with Crippen molar-refractivity contribution in [2.75, 3.05) is 31.9 Å². The first-order valence-corrected chi connectivity index (χ1v) is 16.3. The van der Waals surface area contributed by atoms with Crippen LogP contribution in [0.4, 0.5) is 27.6 Å². The number of carbonyl (C=O) groups is 1. The standard InChI is InChI=1S/C35H36F5N7O4/c1-22-42-13-10-25(44-22)17-45-14-11-27(28(18-45)23-6-3-2-4-7-23)31(48)46-15-12-33(50,34(36,37)20-46)19-47-21-43-30(29(41)32(47)49)51-26-9-5-8-24(16-26)35(38,39)40/h2-10,13,16,21,27-28,50H,11-12,14-15,17-20,41H2,1H3/t27-,28+,33+/m1/s1.